The zero-order chi connectivity index (χ0) is 16.7. The van der Waals surface area contributed by atoms with Gasteiger partial charge in [0.1, 0.15) is 11.3 Å². The molecular weight excluding hydrogens is 443 g/mol. The first-order chi connectivity index (χ1) is 11.6. The van der Waals surface area contributed by atoms with Crippen LogP contribution < -0.4 is 5.32 Å². The van der Waals surface area contributed by atoms with E-state index in [4.69, 9.17) is 23.2 Å². The summed E-state index contributed by atoms with van der Waals surface area (Å²) >= 11 is 13.5. The molecule has 0 saturated heterocycles. The molecule has 128 valence electrons. The quantitative estimate of drug-likeness (QED) is 0.388. The number of anilines is 2. The third kappa shape index (κ3) is 3.67. The maximum absolute atomic E-state index is 6.05. The first kappa shape index (κ1) is 18.2. The molecule has 0 aliphatic rings. The summed E-state index contributed by atoms with van der Waals surface area (Å²) in [6.07, 6.45) is 1.92. The van der Waals surface area contributed by atoms with Crippen molar-refractivity contribution < 1.29 is 0 Å². The number of pyridine rings is 1. The fourth-order valence-electron chi connectivity index (χ4n) is 2.54. The smallest absolute Gasteiger partial charge is 0.187 e. The van der Waals surface area contributed by atoms with Crippen LogP contribution in [-0.2, 0) is 0 Å². The number of fused-ring (bicyclic) bond motifs is 1. The fourth-order valence-corrected chi connectivity index (χ4v) is 3.54. The third-order valence-electron chi connectivity index (χ3n) is 3.60. The molecule has 0 unspecified atom stereocenters. The minimum Gasteiger partial charge on any atom is -0.332 e. The molecule has 1 N–H and O–H groups in total. The van der Waals surface area contributed by atoms with Crippen LogP contribution in [0.15, 0.2) is 48.0 Å². The Kier molecular flexibility index (Phi) is 5.34. The van der Waals surface area contributed by atoms with Crippen LogP contribution in [-0.4, -0.2) is 14.4 Å². The van der Waals surface area contributed by atoms with Gasteiger partial charge in [0.2, 0.25) is 0 Å². The molecule has 25 heavy (non-hydrogen) atoms. The van der Waals surface area contributed by atoms with Crippen LogP contribution in [0.4, 0.5) is 10.8 Å². The zero-order valence-corrected chi connectivity index (χ0v) is 17.1. The van der Waals surface area contributed by atoms with Crippen molar-refractivity contribution in [3.05, 3.63) is 63.7 Å². The van der Waals surface area contributed by atoms with Gasteiger partial charge in [-0.3, -0.25) is 4.40 Å². The molecule has 0 spiro atoms. The molecule has 0 saturated carbocycles. The number of nitrogens with one attached hydrogen (secondary N) is 1. The van der Waals surface area contributed by atoms with Crippen LogP contribution in [0.2, 0.25) is 10.0 Å². The normalized spacial score (nSPS) is 10.7. The van der Waals surface area contributed by atoms with E-state index < -0.39 is 0 Å². The Hall–Kier alpha value is -1.60. The predicted octanol–water partition coefficient (Wildman–Crippen LogP) is 6.39. The van der Waals surface area contributed by atoms with E-state index in [1.54, 1.807) is 11.3 Å². The maximum Gasteiger partial charge on any atom is 0.187 e. The molecule has 0 radical (unpaired) electrons. The molecule has 4 rings (SSSR count). The lowest BCUT2D eigenvalue weighted by molar-refractivity contribution is 1.17. The second-order valence-corrected chi connectivity index (χ2v) is 7.02. The Morgan fingerprint density at radius 2 is 1.80 bits per heavy atom. The second-order valence-electron chi connectivity index (χ2n) is 5.29. The van der Waals surface area contributed by atoms with Crippen molar-refractivity contribution in [2.45, 2.75) is 6.92 Å². The van der Waals surface area contributed by atoms with Gasteiger partial charge in [-0.1, -0.05) is 23.2 Å². The highest BCUT2D eigenvalue weighted by molar-refractivity contribution is 8.93. The summed E-state index contributed by atoms with van der Waals surface area (Å²) in [6, 6.07) is 11.2. The minimum atomic E-state index is 0. The average Bonchev–Trinajstić information content (AvgIpc) is 3.12. The number of thiazole rings is 1. The molecule has 3 aromatic heterocycles. The Morgan fingerprint density at radius 3 is 2.56 bits per heavy atom. The summed E-state index contributed by atoms with van der Waals surface area (Å²) in [5, 5.41) is 7.50. The number of hydrogen-bond donors (Lipinski definition) is 1. The topological polar surface area (TPSA) is 42.2 Å². The van der Waals surface area contributed by atoms with Gasteiger partial charge >= 0.3 is 0 Å². The maximum atomic E-state index is 6.05. The first-order valence-corrected chi connectivity index (χ1v) is 8.86. The summed E-state index contributed by atoms with van der Waals surface area (Å²) in [5.41, 5.74) is 4.53. The number of benzene rings is 1. The van der Waals surface area contributed by atoms with Crippen LogP contribution in [0.3, 0.4) is 0 Å². The molecule has 0 bridgehead atoms. The largest absolute Gasteiger partial charge is 0.332 e. The van der Waals surface area contributed by atoms with E-state index in [1.165, 1.54) is 0 Å². The molecule has 0 fully saturated rings. The standard InChI is InChI=1S/C17H12Cl2N4S.BrH/c1-10-16(23-7-6-12(19)8-15(23)20-10)14-9-24-17(22-14)21-13-4-2-11(18)3-5-13;/h2-9H,1H3,(H,21,22);1H. The van der Waals surface area contributed by atoms with Crippen molar-refractivity contribution in [2.75, 3.05) is 5.32 Å². The van der Waals surface area contributed by atoms with E-state index >= 15 is 0 Å². The summed E-state index contributed by atoms with van der Waals surface area (Å²) in [7, 11) is 0. The van der Waals surface area contributed by atoms with E-state index in [-0.39, 0.29) is 17.0 Å². The number of rotatable bonds is 3. The summed E-state index contributed by atoms with van der Waals surface area (Å²) in [5.74, 6) is 0. The lowest BCUT2D eigenvalue weighted by Crippen LogP contribution is -1.91. The number of nitrogens with zero attached hydrogens (tertiary/aromatic N) is 3. The molecule has 0 amide bonds. The summed E-state index contributed by atoms with van der Waals surface area (Å²) < 4.78 is 2.00. The van der Waals surface area contributed by atoms with Crippen molar-refractivity contribution in [1.29, 1.82) is 0 Å². The van der Waals surface area contributed by atoms with E-state index in [2.05, 4.69) is 15.3 Å². The highest BCUT2D eigenvalue weighted by atomic mass is 79.9. The number of hydrogen-bond acceptors (Lipinski definition) is 4. The van der Waals surface area contributed by atoms with Gasteiger partial charge in [-0.25, -0.2) is 9.97 Å². The minimum absolute atomic E-state index is 0. The lowest BCUT2D eigenvalue weighted by Gasteiger charge is -2.02. The van der Waals surface area contributed by atoms with Crippen molar-refractivity contribution in [2.24, 2.45) is 0 Å². The van der Waals surface area contributed by atoms with Crippen LogP contribution in [0.25, 0.3) is 17.0 Å². The molecule has 0 atom stereocenters. The highest BCUT2D eigenvalue weighted by Crippen LogP contribution is 2.30. The van der Waals surface area contributed by atoms with Gasteiger partial charge in [0.05, 0.1) is 11.4 Å². The molecule has 4 nitrogen and oxygen atoms in total. The average molecular weight is 456 g/mol. The number of halogens is 3. The molecule has 3 heterocycles. The van der Waals surface area contributed by atoms with E-state index in [1.807, 2.05) is 59.3 Å². The van der Waals surface area contributed by atoms with Crippen molar-refractivity contribution >= 4 is 68.0 Å². The zero-order valence-electron chi connectivity index (χ0n) is 13.0. The molecule has 1 aromatic carbocycles. The number of aromatic nitrogens is 3. The number of aryl methyl sites for hydroxylation is 1. The predicted molar refractivity (Wildman–Crippen MR) is 111 cm³/mol. The van der Waals surface area contributed by atoms with Gasteiger partial charge in [0.25, 0.3) is 0 Å². The molecule has 8 heteroatoms. The van der Waals surface area contributed by atoms with E-state index in [9.17, 15) is 0 Å². The van der Waals surface area contributed by atoms with Crippen LogP contribution in [0, 0.1) is 6.92 Å². The summed E-state index contributed by atoms with van der Waals surface area (Å²) in [4.78, 5) is 9.25. The Morgan fingerprint density at radius 1 is 1.04 bits per heavy atom. The van der Waals surface area contributed by atoms with E-state index in [0.29, 0.717) is 10.0 Å². The van der Waals surface area contributed by atoms with Gasteiger partial charge in [0, 0.05) is 33.4 Å². The van der Waals surface area contributed by atoms with Gasteiger partial charge < -0.3 is 5.32 Å². The van der Waals surface area contributed by atoms with Crippen molar-refractivity contribution in [3.63, 3.8) is 0 Å². The van der Waals surface area contributed by atoms with Crippen LogP contribution in [0.1, 0.15) is 5.69 Å². The Balaban J connectivity index is 0.00000182. The van der Waals surface area contributed by atoms with Gasteiger partial charge in [-0.15, -0.1) is 28.3 Å². The van der Waals surface area contributed by atoms with Crippen molar-refractivity contribution in [3.8, 4) is 11.4 Å². The van der Waals surface area contributed by atoms with Crippen molar-refractivity contribution in [1.82, 2.24) is 14.4 Å². The first-order valence-electron chi connectivity index (χ1n) is 7.23. The molecular formula is C17H13BrCl2N4S. The number of imidazole rings is 1. The highest BCUT2D eigenvalue weighted by Gasteiger charge is 2.14. The van der Waals surface area contributed by atoms with Gasteiger partial charge in [-0.05, 0) is 37.3 Å². The molecule has 0 aliphatic carbocycles. The van der Waals surface area contributed by atoms with Crippen LogP contribution >= 0.6 is 51.5 Å². The Bertz CT molecular complexity index is 1030. The second kappa shape index (κ2) is 7.33. The van der Waals surface area contributed by atoms with Gasteiger partial charge in [-0.2, -0.15) is 0 Å². The van der Waals surface area contributed by atoms with Crippen LogP contribution in [0.5, 0.6) is 0 Å². The Labute approximate surface area is 169 Å². The summed E-state index contributed by atoms with van der Waals surface area (Å²) in [6.45, 7) is 1.97. The van der Waals surface area contributed by atoms with Gasteiger partial charge in [0.15, 0.2) is 5.13 Å². The fraction of sp³-hybridized carbons (Fsp3) is 0.0588. The SMILES string of the molecule is Br.Cc1nc2cc(Cl)ccn2c1-c1csc(Nc2ccc(Cl)cc2)n1. The van der Waals surface area contributed by atoms with E-state index in [0.717, 1.165) is 33.5 Å². The molecule has 4 aromatic rings. The lowest BCUT2D eigenvalue weighted by atomic mass is 10.3. The third-order valence-corrected chi connectivity index (χ3v) is 4.85. The monoisotopic (exact) mass is 454 g/mol. The molecule has 0 aliphatic heterocycles.